The van der Waals surface area contributed by atoms with Crippen LogP contribution >= 0.6 is 11.3 Å². The summed E-state index contributed by atoms with van der Waals surface area (Å²) < 4.78 is 5.61. The van der Waals surface area contributed by atoms with E-state index >= 15 is 0 Å². The molecule has 0 aliphatic carbocycles. The van der Waals surface area contributed by atoms with Crippen molar-refractivity contribution in [2.75, 3.05) is 11.9 Å². The first-order valence-corrected chi connectivity index (χ1v) is 6.56. The third kappa shape index (κ3) is 2.34. The molecule has 6 heteroatoms. The molecule has 1 amide bonds. The molecule has 0 aliphatic heterocycles. The van der Waals surface area contributed by atoms with Crippen LogP contribution in [0.25, 0.3) is 10.3 Å². The molecule has 2 aromatic heterocycles. The van der Waals surface area contributed by atoms with Gasteiger partial charge in [-0.1, -0.05) is 11.3 Å². The lowest BCUT2D eigenvalue weighted by Gasteiger charge is -2.15. The third-order valence-corrected chi connectivity index (χ3v) is 3.49. The van der Waals surface area contributed by atoms with Gasteiger partial charge in [0, 0.05) is 12.2 Å². The number of rotatable bonds is 5. The molecule has 1 unspecified atom stereocenters. The van der Waals surface area contributed by atoms with Crippen molar-refractivity contribution < 1.29 is 9.53 Å². The van der Waals surface area contributed by atoms with Crippen LogP contribution in [0.2, 0.25) is 0 Å². The Morgan fingerprint density at radius 3 is 3.06 bits per heavy atom. The minimum atomic E-state index is -0.135. The Labute approximate surface area is 109 Å². The average molecular weight is 265 g/mol. The van der Waals surface area contributed by atoms with Gasteiger partial charge in [-0.2, -0.15) is 0 Å². The summed E-state index contributed by atoms with van der Waals surface area (Å²) in [7, 11) is 0. The Kier molecular flexibility index (Phi) is 3.88. The zero-order valence-electron chi connectivity index (χ0n) is 10.6. The van der Waals surface area contributed by atoms with E-state index in [4.69, 9.17) is 4.74 Å². The quantitative estimate of drug-likeness (QED) is 0.844. The fraction of sp³-hybridized carbons (Fsp3) is 0.417. The summed E-state index contributed by atoms with van der Waals surface area (Å²) in [5.41, 5.74) is 2.35. The summed E-state index contributed by atoms with van der Waals surface area (Å²) in [5, 5.41) is 3.61. The number of nitrogens with one attached hydrogen (secondary N) is 1. The van der Waals surface area contributed by atoms with Crippen molar-refractivity contribution in [2.24, 2.45) is 0 Å². The third-order valence-electron chi connectivity index (χ3n) is 2.61. The lowest BCUT2D eigenvalue weighted by atomic mass is 10.1. The average Bonchev–Trinajstić information content (AvgIpc) is 2.69. The maximum atomic E-state index is 10.7. The van der Waals surface area contributed by atoms with Crippen LogP contribution in [-0.2, 0) is 9.53 Å². The Hall–Kier alpha value is -1.53. The van der Waals surface area contributed by atoms with Crippen molar-refractivity contribution in [3.05, 3.63) is 16.8 Å². The molecule has 2 rings (SSSR count). The van der Waals surface area contributed by atoms with Crippen LogP contribution in [0.1, 0.15) is 30.5 Å². The fourth-order valence-electron chi connectivity index (χ4n) is 1.92. The Morgan fingerprint density at radius 1 is 1.61 bits per heavy atom. The van der Waals surface area contributed by atoms with E-state index in [0.29, 0.717) is 18.7 Å². The Bertz CT molecular complexity index is 568. The van der Waals surface area contributed by atoms with E-state index in [1.807, 2.05) is 20.8 Å². The highest BCUT2D eigenvalue weighted by Crippen LogP contribution is 2.33. The number of anilines is 1. The summed E-state index contributed by atoms with van der Waals surface area (Å²) in [6.45, 7) is 6.43. The highest BCUT2D eigenvalue weighted by Gasteiger charge is 2.18. The zero-order valence-corrected chi connectivity index (χ0v) is 11.4. The number of carbonyl (C=O) groups is 1. The van der Waals surface area contributed by atoms with Gasteiger partial charge in [0.05, 0.1) is 23.0 Å². The monoisotopic (exact) mass is 265 g/mol. The summed E-state index contributed by atoms with van der Waals surface area (Å²) in [5.74, 6) is 0. The molecule has 0 aromatic carbocycles. The normalized spacial score (nSPS) is 12.6. The maximum absolute atomic E-state index is 10.7. The van der Waals surface area contributed by atoms with Crippen LogP contribution in [0.15, 0.2) is 6.20 Å². The molecule has 1 N–H and O–H groups in total. The van der Waals surface area contributed by atoms with Crippen molar-refractivity contribution in [3.63, 3.8) is 0 Å². The maximum Gasteiger partial charge on any atom is 0.211 e. The molecule has 5 nitrogen and oxygen atoms in total. The highest BCUT2D eigenvalue weighted by molar-refractivity contribution is 7.18. The van der Waals surface area contributed by atoms with Gasteiger partial charge in [-0.15, -0.1) is 0 Å². The number of thiazole rings is 1. The topological polar surface area (TPSA) is 64.1 Å². The Morgan fingerprint density at radius 2 is 2.39 bits per heavy atom. The van der Waals surface area contributed by atoms with Crippen molar-refractivity contribution in [2.45, 2.75) is 26.9 Å². The first-order valence-electron chi connectivity index (χ1n) is 5.75. The van der Waals surface area contributed by atoms with Crippen molar-refractivity contribution in [1.29, 1.82) is 0 Å². The van der Waals surface area contributed by atoms with Crippen LogP contribution in [0.4, 0.5) is 5.69 Å². The van der Waals surface area contributed by atoms with Gasteiger partial charge >= 0.3 is 0 Å². The molecule has 0 saturated carbocycles. The number of hydrogen-bond donors (Lipinski definition) is 1. The molecule has 2 heterocycles. The lowest BCUT2D eigenvalue weighted by Crippen LogP contribution is -2.07. The molecule has 2 aromatic rings. The van der Waals surface area contributed by atoms with Crippen molar-refractivity contribution in [1.82, 2.24) is 9.97 Å². The van der Waals surface area contributed by atoms with Gasteiger partial charge in [-0.05, 0) is 20.8 Å². The summed E-state index contributed by atoms with van der Waals surface area (Å²) in [6, 6.07) is 0. The standard InChI is InChI=1S/C12H15N3O2S/c1-4-17-7(2)10-9(14-6-16)5-13-12-11(10)15-8(3)18-12/h5-7H,4H2,1-3H3,(H,14,16). The first kappa shape index (κ1) is 12.9. The van der Waals surface area contributed by atoms with Gasteiger partial charge < -0.3 is 10.1 Å². The van der Waals surface area contributed by atoms with Gasteiger partial charge in [-0.3, -0.25) is 4.79 Å². The molecule has 0 radical (unpaired) electrons. The zero-order chi connectivity index (χ0) is 13.1. The number of aromatic nitrogens is 2. The van der Waals surface area contributed by atoms with E-state index in [-0.39, 0.29) is 6.10 Å². The van der Waals surface area contributed by atoms with E-state index in [1.165, 1.54) is 11.3 Å². The number of carbonyl (C=O) groups excluding carboxylic acids is 1. The minimum absolute atomic E-state index is 0.135. The first-order chi connectivity index (χ1) is 8.67. The molecule has 0 spiro atoms. The number of hydrogen-bond acceptors (Lipinski definition) is 5. The van der Waals surface area contributed by atoms with E-state index in [2.05, 4.69) is 15.3 Å². The number of ether oxygens (including phenoxy) is 1. The van der Waals surface area contributed by atoms with Crippen LogP contribution < -0.4 is 5.32 Å². The van der Waals surface area contributed by atoms with E-state index in [9.17, 15) is 4.79 Å². The van der Waals surface area contributed by atoms with E-state index < -0.39 is 0 Å². The number of amides is 1. The SMILES string of the molecule is CCOC(C)c1c(NC=O)cnc2sc(C)nc12. The molecule has 96 valence electrons. The second kappa shape index (κ2) is 5.41. The van der Waals surface area contributed by atoms with Crippen LogP contribution in [0, 0.1) is 6.92 Å². The molecule has 0 fully saturated rings. The molecule has 0 saturated heterocycles. The van der Waals surface area contributed by atoms with Crippen LogP contribution in [0.5, 0.6) is 0 Å². The predicted molar refractivity (Wildman–Crippen MR) is 71.9 cm³/mol. The van der Waals surface area contributed by atoms with Crippen molar-refractivity contribution >= 4 is 33.8 Å². The van der Waals surface area contributed by atoms with Gasteiger partial charge in [0.1, 0.15) is 10.3 Å². The van der Waals surface area contributed by atoms with Crippen molar-refractivity contribution in [3.8, 4) is 0 Å². The summed E-state index contributed by atoms with van der Waals surface area (Å²) in [4.78, 5) is 20.3. The van der Waals surface area contributed by atoms with Gasteiger partial charge in [-0.25, -0.2) is 9.97 Å². The number of pyridine rings is 1. The molecule has 18 heavy (non-hydrogen) atoms. The highest BCUT2D eigenvalue weighted by atomic mass is 32.1. The van der Waals surface area contributed by atoms with Gasteiger partial charge in [0.25, 0.3) is 0 Å². The molecule has 1 atom stereocenters. The van der Waals surface area contributed by atoms with Gasteiger partial charge in [0.2, 0.25) is 6.41 Å². The molecular formula is C12H15N3O2S. The number of fused-ring (bicyclic) bond motifs is 1. The van der Waals surface area contributed by atoms with E-state index in [1.54, 1.807) is 6.20 Å². The molecule has 0 bridgehead atoms. The number of nitrogens with zero attached hydrogens (tertiary/aromatic N) is 2. The number of aryl methyl sites for hydroxylation is 1. The lowest BCUT2D eigenvalue weighted by molar-refractivity contribution is -0.105. The smallest absolute Gasteiger partial charge is 0.211 e. The van der Waals surface area contributed by atoms with Gasteiger partial charge in [0.15, 0.2) is 0 Å². The Balaban J connectivity index is 2.61. The molecule has 0 aliphatic rings. The second-order valence-electron chi connectivity index (χ2n) is 3.83. The van der Waals surface area contributed by atoms with Crippen LogP contribution in [0.3, 0.4) is 0 Å². The predicted octanol–water partition coefficient (Wildman–Crippen LogP) is 2.67. The second-order valence-corrected chi connectivity index (χ2v) is 5.01. The van der Waals surface area contributed by atoms with E-state index in [0.717, 1.165) is 20.9 Å². The minimum Gasteiger partial charge on any atom is -0.374 e. The summed E-state index contributed by atoms with van der Waals surface area (Å²) in [6.07, 6.45) is 2.16. The summed E-state index contributed by atoms with van der Waals surface area (Å²) >= 11 is 1.53. The fourth-order valence-corrected chi connectivity index (χ4v) is 2.70. The largest absolute Gasteiger partial charge is 0.374 e. The molecular weight excluding hydrogens is 250 g/mol. The van der Waals surface area contributed by atoms with Crippen LogP contribution in [-0.4, -0.2) is 23.0 Å².